The maximum atomic E-state index is 11.4. The van der Waals surface area contributed by atoms with E-state index in [-0.39, 0.29) is 17.9 Å². The molecule has 4 heteroatoms. The van der Waals surface area contributed by atoms with E-state index >= 15 is 0 Å². The van der Waals surface area contributed by atoms with Crippen LogP contribution in [0.5, 0.6) is 0 Å². The number of carbonyl (C=O) groups is 1. The Kier molecular flexibility index (Phi) is 2.93. The van der Waals surface area contributed by atoms with Gasteiger partial charge < -0.3 is 10.1 Å². The van der Waals surface area contributed by atoms with E-state index in [1.54, 1.807) is 0 Å². The summed E-state index contributed by atoms with van der Waals surface area (Å²) in [6.07, 6.45) is 0. The van der Waals surface area contributed by atoms with E-state index in [0.717, 1.165) is 5.56 Å². The summed E-state index contributed by atoms with van der Waals surface area (Å²) in [6.45, 7) is 0.655. The SMILES string of the molecule is COC(=O)C1CNC1c1ccccc1Cl. The van der Waals surface area contributed by atoms with E-state index in [2.05, 4.69) is 5.32 Å². The Bertz CT molecular complexity index is 381. The number of hydrogen-bond acceptors (Lipinski definition) is 3. The predicted octanol–water partition coefficient (Wildman–Crippen LogP) is 1.77. The third-order valence-electron chi connectivity index (χ3n) is 2.70. The van der Waals surface area contributed by atoms with Crippen molar-refractivity contribution in [2.24, 2.45) is 5.92 Å². The molecule has 0 radical (unpaired) electrons. The van der Waals surface area contributed by atoms with Gasteiger partial charge in [0.25, 0.3) is 0 Å². The van der Waals surface area contributed by atoms with Gasteiger partial charge in [0.15, 0.2) is 0 Å². The maximum Gasteiger partial charge on any atom is 0.311 e. The number of hydrogen-bond donors (Lipinski definition) is 1. The molecule has 0 aliphatic carbocycles. The molecule has 15 heavy (non-hydrogen) atoms. The maximum absolute atomic E-state index is 11.4. The van der Waals surface area contributed by atoms with Crippen LogP contribution in [0.2, 0.25) is 5.02 Å². The second-order valence-electron chi connectivity index (χ2n) is 3.54. The first-order valence-electron chi connectivity index (χ1n) is 4.79. The first-order chi connectivity index (χ1) is 7.24. The van der Waals surface area contributed by atoms with Gasteiger partial charge in [0, 0.05) is 17.6 Å². The van der Waals surface area contributed by atoms with Gasteiger partial charge >= 0.3 is 5.97 Å². The van der Waals surface area contributed by atoms with Crippen LogP contribution in [0.15, 0.2) is 24.3 Å². The number of rotatable bonds is 2. The lowest BCUT2D eigenvalue weighted by atomic mass is 9.86. The Balaban J connectivity index is 2.19. The van der Waals surface area contributed by atoms with Crippen LogP contribution in [0, 0.1) is 5.92 Å². The molecule has 1 aromatic carbocycles. The van der Waals surface area contributed by atoms with E-state index < -0.39 is 0 Å². The number of nitrogens with one attached hydrogen (secondary N) is 1. The molecule has 0 bridgehead atoms. The van der Waals surface area contributed by atoms with E-state index in [9.17, 15) is 4.79 Å². The van der Waals surface area contributed by atoms with Crippen molar-refractivity contribution in [3.8, 4) is 0 Å². The van der Waals surface area contributed by atoms with Gasteiger partial charge in [0.1, 0.15) is 0 Å². The first kappa shape index (κ1) is 10.5. The minimum Gasteiger partial charge on any atom is -0.469 e. The number of ether oxygens (including phenoxy) is 1. The molecule has 1 aliphatic heterocycles. The molecule has 1 aromatic rings. The van der Waals surface area contributed by atoms with Crippen LogP contribution in [0.3, 0.4) is 0 Å². The number of halogens is 1. The zero-order chi connectivity index (χ0) is 10.8. The summed E-state index contributed by atoms with van der Waals surface area (Å²) in [7, 11) is 1.41. The van der Waals surface area contributed by atoms with E-state index in [1.165, 1.54) is 7.11 Å². The van der Waals surface area contributed by atoms with E-state index in [0.29, 0.717) is 11.6 Å². The summed E-state index contributed by atoms with van der Waals surface area (Å²) < 4.78 is 4.72. The summed E-state index contributed by atoms with van der Waals surface area (Å²) in [5, 5.41) is 3.87. The van der Waals surface area contributed by atoms with Crippen molar-refractivity contribution in [1.82, 2.24) is 5.32 Å². The second kappa shape index (κ2) is 4.21. The zero-order valence-corrected chi connectivity index (χ0v) is 9.12. The minimum absolute atomic E-state index is 0.00819. The fourth-order valence-corrected chi connectivity index (χ4v) is 2.03. The highest BCUT2D eigenvalue weighted by atomic mass is 35.5. The largest absolute Gasteiger partial charge is 0.469 e. The number of carbonyl (C=O) groups excluding carboxylic acids is 1. The van der Waals surface area contributed by atoms with Gasteiger partial charge in [0.2, 0.25) is 0 Å². The van der Waals surface area contributed by atoms with Crippen LogP contribution >= 0.6 is 11.6 Å². The summed E-state index contributed by atoms with van der Waals surface area (Å²) in [6, 6.07) is 7.53. The van der Waals surface area contributed by atoms with Gasteiger partial charge in [0.05, 0.1) is 13.0 Å². The van der Waals surface area contributed by atoms with Crippen molar-refractivity contribution in [2.75, 3.05) is 13.7 Å². The molecule has 0 saturated carbocycles. The van der Waals surface area contributed by atoms with Gasteiger partial charge in [-0.15, -0.1) is 0 Å². The molecule has 0 spiro atoms. The average Bonchev–Trinajstić information content (AvgIpc) is 2.19. The summed E-state index contributed by atoms with van der Waals surface area (Å²) in [5.41, 5.74) is 0.959. The standard InChI is InChI=1S/C11H12ClNO2/c1-15-11(14)8-6-13-10(8)7-4-2-3-5-9(7)12/h2-5,8,10,13H,6H2,1H3. The average molecular weight is 226 g/mol. The van der Waals surface area contributed by atoms with Crippen LogP contribution in [0.1, 0.15) is 11.6 Å². The van der Waals surface area contributed by atoms with Crippen molar-refractivity contribution in [1.29, 1.82) is 0 Å². The van der Waals surface area contributed by atoms with Gasteiger partial charge in [-0.3, -0.25) is 4.79 Å². The molecular formula is C11H12ClNO2. The number of benzene rings is 1. The van der Waals surface area contributed by atoms with E-state index in [4.69, 9.17) is 16.3 Å². The highest BCUT2D eigenvalue weighted by Crippen LogP contribution is 2.34. The van der Waals surface area contributed by atoms with E-state index in [1.807, 2.05) is 24.3 Å². The van der Waals surface area contributed by atoms with Gasteiger partial charge in [-0.2, -0.15) is 0 Å². The summed E-state index contributed by atoms with van der Waals surface area (Å²) in [4.78, 5) is 11.4. The molecule has 2 rings (SSSR count). The fraction of sp³-hybridized carbons (Fsp3) is 0.364. The fourth-order valence-electron chi connectivity index (χ4n) is 1.78. The molecule has 3 nitrogen and oxygen atoms in total. The summed E-state index contributed by atoms with van der Waals surface area (Å²) >= 11 is 6.05. The third kappa shape index (κ3) is 1.85. The molecular weight excluding hydrogens is 214 g/mol. The van der Waals surface area contributed by atoms with Crippen LogP contribution in [0.25, 0.3) is 0 Å². The summed E-state index contributed by atoms with van der Waals surface area (Å²) in [5.74, 6) is -0.298. The smallest absolute Gasteiger partial charge is 0.311 e. The lowest BCUT2D eigenvalue weighted by Gasteiger charge is -2.36. The molecule has 1 fully saturated rings. The van der Waals surface area contributed by atoms with Crippen molar-refractivity contribution in [3.63, 3.8) is 0 Å². The third-order valence-corrected chi connectivity index (χ3v) is 3.05. The van der Waals surface area contributed by atoms with Crippen molar-refractivity contribution >= 4 is 17.6 Å². The number of esters is 1. The van der Waals surface area contributed by atoms with Crippen molar-refractivity contribution in [2.45, 2.75) is 6.04 Å². The first-order valence-corrected chi connectivity index (χ1v) is 5.17. The quantitative estimate of drug-likeness (QED) is 0.780. The Morgan fingerprint density at radius 3 is 2.80 bits per heavy atom. The Hall–Kier alpha value is -1.06. The zero-order valence-electron chi connectivity index (χ0n) is 8.37. The van der Waals surface area contributed by atoms with Crippen LogP contribution < -0.4 is 5.32 Å². The second-order valence-corrected chi connectivity index (χ2v) is 3.94. The Labute approximate surface area is 93.4 Å². The van der Waals surface area contributed by atoms with Crippen molar-refractivity contribution in [3.05, 3.63) is 34.9 Å². The molecule has 0 aromatic heterocycles. The van der Waals surface area contributed by atoms with Crippen LogP contribution in [0.4, 0.5) is 0 Å². The van der Waals surface area contributed by atoms with Gasteiger partial charge in [-0.05, 0) is 11.6 Å². The molecule has 0 amide bonds. The monoisotopic (exact) mass is 225 g/mol. The predicted molar refractivity (Wildman–Crippen MR) is 57.7 cm³/mol. The van der Waals surface area contributed by atoms with Gasteiger partial charge in [-0.25, -0.2) is 0 Å². The topological polar surface area (TPSA) is 38.3 Å². The number of methoxy groups -OCH3 is 1. The molecule has 80 valence electrons. The van der Waals surface area contributed by atoms with Crippen molar-refractivity contribution < 1.29 is 9.53 Å². The Morgan fingerprint density at radius 1 is 1.53 bits per heavy atom. The molecule has 1 N–H and O–H groups in total. The highest BCUT2D eigenvalue weighted by molar-refractivity contribution is 6.31. The molecule has 1 saturated heterocycles. The molecule has 2 atom stereocenters. The van der Waals surface area contributed by atoms with Crippen LogP contribution in [-0.2, 0) is 9.53 Å². The molecule has 1 heterocycles. The lowest BCUT2D eigenvalue weighted by molar-refractivity contribution is -0.149. The van der Waals surface area contributed by atoms with Crippen LogP contribution in [-0.4, -0.2) is 19.6 Å². The molecule has 2 unspecified atom stereocenters. The minimum atomic E-state index is -0.182. The molecule has 1 aliphatic rings. The highest BCUT2D eigenvalue weighted by Gasteiger charge is 2.38. The Morgan fingerprint density at radius 2 is 2.27 bits per heavy atom. The van der Waals surface area contributed by atoms with Gasteiger partial charge in [-0.1, -0.05) is 29.8 Å². The lowest BCUT2D eigenvalue weighted by Crippen LogP contribution is -2.50. The normalized spacial score (nSPS) is 24.4.